The third-order valence-corrected chi connectivity index (χ3v) is 1.97. The third kappa shape index (κ3) is 2.00. The van der Waals surface area contributed by atoms with Crippen LogP contribution in [0.4, 0.5) is 0 Å². The van der Waals surface area contributed by atoms with Crippen LogP contribution in [0.2, 0.25) is 0 Å². The summed E-state index contributed by atoms with van der Waals surface area (Å²) in [5, 5.41) is 0. The van der Waals surface area contributed by atoms with Crippen LogP contribution in [-0.2, 0) is 4.74 Å². The first kappa shape index (κ1) is 9.11. The molecule has 1 rings (SSSR count). The van der Waals surface area contributed by atoms with Gasteiger partial charge in [-0.25, -0.2) is 0 Å². The van der Waals surface area contributed by atoms with E-state index in [1.165, 1.54) is 5.57 Å². The van der Waals surface area contributed by atoms with E-state index in [1.54, 1.807) is 0 Å². The van der Waals surface area contributed by atoms with Crippen molar-refractivity contribution in [1.29, 1.82) is 0 Å². The Balaban J connectivity index is 2.82. The van der Waals surface area contributed by atoms with E-state index in [9.17, 15) is 0 Å². The Kier molecular flexibility index (Phi) is 3.15. The molecule has 1 saturated heterocycles. The molecule has 0 bridgehead atoms. The minimum absolute atomic E-state index is 0.837. The van der Waals surface area contributed by atoms with Gasteiger partial charge in [0.25, 0.3) is 0 Å². The normalized spacial score (nSPS) is 22.7. The molecule has 0 radical (unpaired) electrons. The summed E-state index contributed by atoms with van der Waals surface area (Å²) < 4.78 is 5.53. The molecule has 12 heavy (non-hydrogen) atoms. The predicted octanol–water partition coefficient (Wildman–Crippen LogP) is 3.20. The van der Waals surface area contributed by atoms with Crippen molar-refractivity contribution in [2.75, 3.05) is 6.61 Å². The average molecular weight is 164 g/mol. The Morgan fingerprint density at radius 2 is 2.33 bits per heavy atom. The molecule has 0 aromatic carbocycles. The van der Waals surface area contributed by atoms with Crippen LogP contribution in [0.15, 0.2) is 35.6 Å². The van der Waals surface area contributed by atoms with E-state index < -0.39 is 0 Å². The van der Waals surface area contributed by atoms with E-state index in [1.807, 2.05) is 13.0 Å². The molecule has 0 spiro atoms. The highest BCUT2D eigenvalue weighted by Crippen LogP contribution is 2.24. The lowest BCUT2D eigenvalue weighted by atomic mass is 10.0. The largest absolute Gasteiger partial charge is 0.493 e. The monoisotopic (exact) mass is 164 g/mol. The fourth-order valence-electron chi connectivity index (χ4n) is 1.39. The molecule has 1 heterocycles. The standard InChI is InChI=1S/C11H16O/c1-4-6-9(2)11-10(3)7-5-8-12-11/h4,6H,3,5,7-8H2,1-2H3/b6-4-,11-9+. The van der Waals surface area contributed by atoms with Crippen LogP contribution >= 0.6 is 0 Å². The minimum atomic E-state index is 0.837. The van der Waals surface area contributed by atoms with Crippen molar-refractivity contribution in [3.63, 3.8) is 0 Å². The highest BCUT2D eigenvalue weighted by molar-refractivity contribution is 5.34. The molecule has 1 fully saturated rings. The summed E-state index contributed by atoms with van der Waals surface area (Å²) in [6.07, 6.45) is 6.26. The summed E-state index contributed by atoms with van der Waals surface area (Å²) in [5.74, 6) is 0.999. The van der Waals surface area contributed by atoms with Crippen molar-refractivity contribution < 1.29 is 4.74 Å². The molecule has 0 aromatic heterocycles. The van der Waals surface area contributed by atoms with Crippen molar-refractivity contribution in [2.24, 2.45) is 0 Å². The van der Waals surface area contributed by atoms with Gasteiger partial charge in [0.1, 0.15) is 5.76 Å². The lowest BCUT2D eigenvalue weighted by molar-refractivity contribution is 0.192. The van der Waals surface area contributed by atoms with Crippen LogP contribution in [0.25, 0.3) is 0 Å². The topological polar surface area (TPSA) is 9.23 Å². The molecular weight excluding hydrogens is 148 g/mol. The zero-order chi connectivity index (χ0) is 8.97. The summed E-state index contributed by atoms with van der Waals surface area (Å²) >= 11 is 0. The van der Waals surface area contributed by atoms with Crippen LogP contribution in [0.5, 0.6) is 0 Å². The van der Waals surface area contributed by atoms with E-state index in [2.05, 4.69) is 19.6 Å². The predicted molar refractivity (Wildman–Crippen MR) is 51.8 cm³/mol. The van der Waals surface area contributed by atoms with Gasteiger partial charge in [0.05, 0.1) is 6.61 Å². The Bertz CT molecular complexity index is 233. The Hall–Kier alpha value is -0.980. The summed E-state index contributed by atoms with van der Waals surface area (Å²) in [6.45, 7) is 8.89. The zero-order valence-electron chi connectivity index (χ0n) is 7.89. The summed E-state index contributed by atoms with van der Waals surface area (Å²) in [4.78, 5) is 0. The molecule has 0 saturated carbocycles. The van der Waals surface area contributed by atoms with Crippen LogP contribution < -0.4 is 0 Å². The fourth-order valence-corrected chi connectivity index (χ4v) is 1.39. The van der Waals surface area contributed by atoms with Crippen LogP contribution in [0, 0.1) is 0 Å². The molecular formula is C11H16O. The van der Waals surface area contributed by atoms with Gasteiger partial charge in [-0.1, -0.05) is 18.7 Å². The minimum Gasteiger partial charge on any atom is -0.493 e. The van der Waals surface area contributed by atoms with Crippen molar-refractivity contribution in [1.82, 2.24) is 0 Å². The quantitative estimate of drug-likeness (QED) is 0.578. The average Bonchev–Trinajstić information content (AvgIpc) is 2.05. The van der Waals surface area contributed by atoms with Gasteiger partial charge in [0, 0.05) is 0 Å². The second kappa shape index (κ2) is 4.15. The molecule has 66 valence electrons. The fraction of sp³-hybridized carbons (Fsp3) is 0.455. The van der Waals surface area contributed by atoms with Crippen molar-refractivity contribution >= 4 is 0 Å². The van der Waals surface area contributed by atoms with Gasteiger partial charge >= 0.3 is 0 Å². The van der Waals surface area contributed by atoms with E-state index in [0.29, 0.717) is 0 Å². The maximum Gasteiger partial charge on any atom is 0.124 e. The Morgan fingerprint density at radius 1 is 1.58 bits per heavy atom. The Labute approximate surface area is 74.4 Å². The van der Waals surface area contributed by atoms with Gasteiger partial charge < -0.3 is 4.74 Å². The van der Waals surface area contributed by atoms with E-state index >= 15 is 0 Å². The zero-order valence-corrected chi connectivity index (χ0v) is 7.89. The molecule has 1 aliphatic heterocycles. The molecule has 0 amide bonds. The summed E-state index contributed by atoms with van der Waals surface area (Å²) in [5.41, 5.74) is 2.32. The van der Waals surface area contributed by atoms with Gasteiger partial charge in [-0.05, 0) is 37.8 Å². The molecule has 0 aromatic rings. The van der Waals surface area contributed by atoms with Crippen molar-refractivity contribution in [3.8, 4) is 0 Å². The first-order valence-electron chi connectivity index (χ1n) is 4.40. The lowest BCUT2D eigenvalue weighted by Gasteiger charge is -2.20. The van der Waals surface area contributed by atoms with Crippen molar-refractivity contribution in [3.05, 3.63) is 35.6 Å². The van der Waals surface area contributed by atoms with Crippen LogP contribution in [0.1, 0.15) is 26.7 Å². The third-order valence-electron chi connectivity index (χ3n) is 1.97. The molecule has 0 N–H and O–H groups in total. The lowest BCUT2D eigenvalue weighted by Crippen LogP contribution is -2.06. The molecule has 1 nitrogen and oxygen atoms in total. The molecule has 0 unspecified atom stereocenters. The van der Waals surface area contributed by atoms with Crippen LogP contribution in [0.3, 0.4) is 0 Å². The van der Waals surface area contributed by atoms with Gasteiger partial charge in [-0.15, -0.1) is 0 Å². The number of allylic oxidation sites excluding steroid dienone is 4. The van der Waals surface area contributed by atoms with E-state index in [0.717, 1.165) is 30.8 Å². The van der Waals surface area contributed by atoms with E-state index in [-0.39, 0.29) is 0 Å². The number of ether oxygens (including phenoxy) is 1. The SMILES string of the molecule is C=C1CCCO/C1=C(C)/C=C\C. The highest BCUT2D eigenvalue weighted by atomic mass is 16.5. The summed E-state index contributed by atoms with van der Waals surface area (Å²) in [6, 6.07) is 0. The van der Waals surface area contributed by atoms with Gasteiger partial charge in [-0.3, -0.25) is 0 Å². The number of hydrogen-bond acceptors (Lipinski definition) is 1. The number of hydrogen-bond donors (Lipinski definition) is 0. The summed E-state index contributed by atoms with van der Waals surface area (Å²) in [7, 11) is 0. The van der Waals surface area contributed by atoms with E-state index in [4.69, 9.17) is 4.74 Å². The molecule has 1 heteroatoms. The second-order valence-corrected chi connectivity index (χ2v) is 3.07. The molecule has 0 atom stereocenters. The second-order valence-electron chi connectivity index (χ2n) is 3.07. The van der Waals surface area contributed by atoms with Gasteiger partial charge in [0.2, 0.25) is 0 Å². The highest BCUT2D eigenvalue weighted by Gasteiger charge is 2.11. The molecule has 0 aliphatic carbocycles. The maximum absolute atomic E-state index is 5.53. The van der Waals surface area contributed by atoms with Gasteiger partial charge in [-0.2, -0.15) is 0 Å². The smallest absolute Gasteiger partial charge is 0.124 e. The molecule has 1 aliphatic rings. The maximum atomic E-state index is 5.53. The van der Waals surface area contributed by atoms with Crippen molar-refractivity contribution in [2.45, 2.75) is 26.7 Å². The number of rotatable bonds is 1. The Morgan fingerprint density at radius 3 is 2.92 bits per heavy atom. The van der Waals surface area contributed by atoms with Gasteiger partial charge in [0.15, 0.2) is 0 Å². The first-order chi connectivity index (χ1) is 5.75. The first-order valence-corrected chi connectivity index (χ1v) is 4.40. The van der Waals surface area contributed by atoms with Crippen LogP contribution in [-0.4, -0.2) is 6.61 Å².